The fourth-order valence-corrected chi connectivity index (χ4v) is 5.30. The lowest BCUT2D eigenvalue weighted by Gasteiger charge is -2.16. The average Bonchev–Trinajstić information content (AvgIpc) is 3.28. The molecule has 170 valence electrons. The van der Waals surface area contributed by atoms with E-state index in [9.17, 15) is 9.59 Å². The van der Waals surface area contributed by atoms with Gasteiger partial charge >= 0.3 is 0 Å². The standard InChI is InChI=1S/C26H27N3O2S2/c1-17-8-7-11-22(19(17)3)29-25(31)24-21(14-15-32-24)28-26(29)33-16-23(30)27-18(2)12-13-20-9-5-4-6-10-20/h4-11,14-15,18H,12-13,16H2,1-3H3,(H,27,30). The number of hydrogen-bond donors (Lipinski definition) is 1. The van der Waals surface area contributed by atoms with Gasteiger partial charge in [-0.05, 0) is 67.8 Å². The van der Waals surface area contributed by atoms with E-state index in [2.05, 4.69) is 17.4 Å². The Kier molecular flexibility index (Phi) is 7.30. The number of benzene rings is 2. The van der Waals surface area contributed by atoms with E-state index in [1.807, 2.05) is 68.6 Å². The minimum absolute atomic E-state index is 0.0619. The van der Waals surface area contributed by atoms with E-state index in [0.717, 1.165) is 29.7 Å². The molecule has 2 heterocycles. The molecule has 0 fully saturated rings. The van der Waals surface area contributed by atoms with Crippen molar-refractivity contribution in [3.63, 3.8) is 0 Å². The summed E-state index contributed by atoms with van der Waals surface area (Å²) in [7, 11) is 0. The zero-order valence-electron chi connectivity index (χ0n) is 19.0. The van der Waals surface area contributed by atoms with Crippen LogP contribution in [0.25, 0.3) is 15.9 Å². The molecule has 0 aliphatic carbocycles. The van der Waals surface area contributed by atoms with Gasteiger partial charge in [0, 0.05) is 6.04 Å². The van der Waals surface area contributed by atoms with Crippen molar-refractivity contribution in [2.45, 2.75) is 44.8 Å². The molecule has 1 atom stereocenters. The highest BCUT2D eigenvalue weighted by atomic mass is 32.2. The van der Waals surface area contributed by atoms with Crippen LogP contribution in [0, 0.1) is 13.8 Å². The minimum Gasteiger partial charge on any atom is -0.353 e. The number of aryl methyl sites for hydroxylation is 2. The van der Waals surface area contributed by atoms with Crippen molar-refractivity contribution in [3.8, 4) is 5.69 Å². The van der Waals surface area contributed by atoms with Crippen molar-refractivity contribution >= 4 is 39.2 Å². The van der Waals surface area contributed by atoms with Gasteiger partial charge in [0.1, 0.15) is 4.70 Å². The first-order valence-corrected chi connectivity index (χ1v) is 12.8. The average molecular weight is 478 g/mol. The number of nitrogens with one attached hydrogen (secondary N) is 1. The van der Waals surface area contributed by atoms with Crippen molar-refractivity contribution in [1.82, 2.24) is 14.9 Å². The molecule has 0 bridgehead atoms. The van der Waals surface area contributed by atoms with E-state index in [4.69, 9.17) is 4.98 Å². The Bertz CT molecular complexity index is 1330. The molecular weight excluding hydrogens is 450 g/mol. The predicted octanol–water partition coefficient (Wildman–Crippen LogP) is 5.29. The van der Waals surface area contributed by atoms with Gasteiger partial charge in [-0.15, -0.1) is 11.3 Å². The summed E-state index contributed by atoms with van der Waals surface area (Å²) in [5.41, 5.74) is 4.78. The van der Waals surface area contributed by atoms with Crippen molar-refractivity contribution in [1.29, 1.82) is 0 Å². The van der Waals surface area contributed by atoms with Crippen LogP contribution in [-0.4, -0.2) is 27.3 Å². The third kappa shape index (κ3) is 5.37. The number of amides is 1. The zero-order valence-corrected chi connectivity index (χ0v) is 20.6. The Labute approximate surface area is 201 Å². The first-order valence-electron chi connectivity index (χ1n) is 11.0. The normalized spacial score (nSPS) is 12.1. The SMILES string of the molecule is Cc1cccc(-n2c(SCC(=O)NC(C)CCc3ccccc3)nc3ccsc3c2=O)c1C. The van der Waals surface area contributed by atoms with Crippen molar-refractivity contribution in [2.24, 2.45) is 0 Å². The highest BCUT2D eigenvalue weighted by molar-refractivity contribution is 7.99. The van der Waals surface area contributed by atoms with Crippen LogP contribution in [0.4, 0.5) is 0 Å². The monoisotopic (exact) mass is 477 g/mol. The van der Waals surface area contributed by atoms with Crippen LogP contribution in [0.1, 0.15) is 30.0 Å². The van der Waals surface area contributed by atoms with Gasteiger partial charge in [0.2, 0.25) is 5.91 Å². The van der Waals surface area contributed by atoms with E-state index < -0.39 is 0 Å². The number of nitrogens with zero attached hydrogens (tertiary/aromatic N) is 2. The molecule has 33 heavy (non-hydrogen) atoms. The summed E-state index contributed by atoms with van der Waals surface area (Å²) in [6, 6.07) is 18.1. The Morgan fingerprint density at radius 3 is 2.70 bits per heavy atom. The summed E-state index contributed by atoms with van der Waals surface area (Å²) < 4.78 is 2.28. The predicted molar refractivity (Wildman–Crippen MR) is 138 cm³/mol. The lowest BCUT2D eigenvalue weighted by molar-refractivity contribution is -0.119. The molecule has 0 radical (unpaired) electrons. The molecule has 0 saturated heterocycles. The Morgan fingerprint density at radius 1 is 1.12 bits per heavy atom. The summed E-state index contributed by atoms with van der Waals surface area (Å²) in [6.07, 6.45) is 1.78. The lowest BCUT2D eigenvalue weighted by atomic mass is 10.1. The van der Waals surface area contributed by atoms with Gasteiger partial charge in [0.15, 0.2) is 5.16 Å². The third-order valence-electron chi connectivity index (χ3n) is 5.71. The molecule has 1 N–H and O–H groups in total. The number of rotatable bonds is 8. The van der Waals surface area contributed by atoms with Gasteiger partial charge in [-0.1, -0.05) is 54.2 Å². The largest absolute Gasteiger partial charge is 0.353 e. The smallest absolute Gasteiger partial charge is 0.276 e. The summed E-state index contributed by atoms with van der Waals surface area (Å²) >= 11 is 2.69. The Morgan fingerprint density at radius 2 is 1.91 bits per heavy atom. The fourth-order valence-electron chi connectivity index (χ4n) is 3.73. The van der Waals surface area contributed by atoms with Crippen LogP contribution in [0.15, 0.2) is 69.9 Å². The van der Waals surface area contributed by atoms with Crippen molar-refractivity contribution < 1.29 is 4.79 Å². The molecule has 0 saturated carbocycles. The maximum atomic E-state index is 13.3. The molecule has 1 unspecified atom stereocenters. The van der Waals surface area contributed by atoms with Gasteiger partial charge < -0.3 is 5.32 Å². The number of thioether (sulfide) groups is 1. The fraction of sp³-hybridized carbons (Fsp3) is 0.269. The second-order valence-electron chi connectivity index (χ2n) is 8.17. The summed E-state index contributed by atoms with van der Waals surface area (Å²) in [6.45, 7) is 6.05. The van der Waals surface area contributed by atoms with Crippen LogP contribution in [0.2, 0.25) is 0 Å². The van der Waals surface area contributed by atoms with Crippen LogP contribution < -0.4 is 10.9 Å². The second-order valence-corrected chi connectivity index (χ2v) is 10.0. The Balaban J connectivity index is 1.50. The molecule has 1 amide bonds. The number of carbonyl (C=O) groups excluding carboxylic acids is 1. The quantitative estimate of drug-likeness (QED) is 0.277. The molecule has 0 aliphatic heterocycles. The van der Waals surface area contributed by atoms with E-state index in [1.165, 1.54) is 28.7 Å². The lowest BCUT2D eigenvalue weighted by Crippen LogP contribution is -2.34. The second kappa shape index (κ2) is 10.4. The minimum atomic E-state index is -0.0946. The first-order chi connectivity index (χ1) is 15.9. The van der Waals surface area contributed by atoms with E-state index in [1.54, 1.807) is 4.57 Å². The highest BCUT2D eigenvalue weighted by Gasteiger charge is 2.18. The molecule has 5 nitrogen and oxygen atoms in total. The number of thiophene rings is 1. The van der Waals surface area contributed by atoms with Gasteiger partial charge in [0.25, 0.3) is 5.56 Å². The maximum absolute atomic E-state index is 13.3. The van der Waals surface area contributed by atoms with E-state index in [0.29, 0.717) is 15.4 Å². The summed E-state index contributed by atoms with van der Waals surface area (Å²) in [4.78, 5) is 30.7. The van der Waals surface area contributed by atoms with Crippen molar-refractivity contribution in [2.75, 3.05) is 5.75 Å². The Hall–Kier alpha value is -2.90. The van der Waals surface area contributed by atoms with Crippen LogP contribution in [0.5, 0.6) is 0 Å². The molecule has 7 heteroatoms. The first kappa shape index (κ1) is 23.3. The van der Waals surface area contributed by atoms with E-state index in [-0.39, 0.29) is 23.3 Å². The molecule has 4 rings (SSSR count). The van der Waals surface area contributed by atoms with Gasteiger partial charge in [-0.2, -0.15) is 0 Å². The third-order valence-corrected chi connectivity index (χ3v) is 7.54. The molecule has 2 aromatic carbocycles. The summed E-state index contributed by atoms with van der Waals surface area (Å²) in [5.74, 6) is 0.135. The number of hydrogen-bond acceptors (Lipinski definition) is 5. The van der Waals surface area contributed by atoms with Crippen LogP contribution in [0.3, 0.4) is 0 Å². The van der Waals surface area contributed by atoms with Gasteiger partial charge in [-0.25, -0.2) is 4.98 Å². The molecule has 0 aliphatic rings. The van der Waals surface area contributed by atoms with Crippen LogP contribution >= 0.6 is 23.1 Å². The van der Waals surface area contributed by atoms with Crippen LogP contribution in [-0.2, 0) is 11.2 Å². The molecule has 0 spiro atoms. The summed E-state index contributed by atoms with van der Waals surface area (Å²) in [5, 5.41) is 5.49. The number of fused-ring (bicyclic) bond motifs is 1. The topological polar surface area (TPSA) is 64.0 Å². The maximum Gasteiger partial charge on any atom is 0.276 e. The van der Waals surface area contributed by atoms with Crippen molar-refractivity contribution in [3.05, 3.63) is 87.0 Å². The molecule has 4 aromatic rings. The van der Waals surface area contributed by atoms with E-state index >= 15 is 0 Å². The molecular formula is C26H27N3O2S2. The van der Waals surface area contributed by atoms with Gasteiger partial charge in [0.05, 0.1) is 17.0 Å². The number of carbonyl (C=O) groups is 1. The number of aromatic nitrogens is 2. The molecule has 2 aromatic heterocycles. The highest BCUT2D eigenvalue weighted by Crippen LogP contribution is 2.26. The van der Waals surface area contributed by atoms with Gasteiger partial charge in [-0.3, -0.25) is 14.2 Å². The zero-order chi connectivity index (χ0) is 23.4.